The lowest BCUT2D eigenvalue weighted by atomic mass is 10.1. The van der Waals surface area contributed by atoms with Crippen molar-refractivity contribution in [2.45, 2.75) is 0 Å². The van der Waals surface area contributed by atoms with Crippen LogP contribution in [-0.2, 0) is 20.0 Å². The number of nitrogens with one attached hydrogen (secondary N) is 1. The molecule has 0 amide bonds. The SMILES string of the molecule is CS(=O)(=O)CCOc1cccc2c1C(N)=NS(=O)(=O)N2. The van der Waals surface area contributed by atoms with Crippen molar-refractivity contribution in [2.24, 2.45) is 10.1 Å². The van der Waals surface area contributed by atoms with Crippen molar-refractivity contribution in [2.75, 3.05) is 23.3 Å². The lowest BCUT2D eigenvalue weighted by Gasteiger charge is -2.18. The fourth-order valence-electron chi connectivity index (χ4n) is 1.64. The van der Waals surface area contributed by atoms with Crippen molar-refractivity contribution < 1.29 is 21.6 Å². The van der Waals surface area contributed by atoms with Crippen LogP contribution in [0.1, 0.15) is 5.56 Å². The Kier molecular flexibility index (Phi) is 3.61. The molecule has 0 aromatic heterocycles. The van der Waals surface area contributed by atoms with Crippen molar-refractivity contribution >= 4 is 31.6 Å². The summed E-state index contributed by atoms with van der Waals surface area (Å²) in [6, 6.07) is 4.64. The zero-order valence-corrected chi connectivity index (χ0v) is 12.2. The molecule has 0 saturated carbocycles. The van der Waals surface area contributed by atoms with Gasteiger partial charge in [0.15, 0.2) is 15.7 Å². The predicted octanol–water partition coefficient (Wildman–Crippen LogP) is -0.514. The van der Waals surface area contributed by atoms with Gasteiger partial charge in [0.1, 0.15) is 12.4 Å². The van der Waals surface area contributed by atoms with Crippen LogP contribution in [0.15, 0.2) is 22.6 Å². The molecular formula is C10H13N3O5S2. The maximum Gasteiger partial charge on any atom is 0.344 e. The molecule has 0 bridgehead atoms. The van der Waals surface area contributed by atoms with Gasteiger partial charge in [-0.25, -0.2) is 8.42 Å². The molecule has 3 N–H and O–H groups in total. The summed E-state index contributed by atoms with van der Waals surface area (Å²) in [6.07, 6.45) is 1.10. The quantitative estimate of drug-likeness (QED) is 0.769. The van der Waals surface area contributed by atoms with Gasteiger partial charge < -0.3 is 10.5 Å². The van der Waals surface area contributed by atoms with E-state index in [-0.39, 0.29) is 29.6 Å². The summed E-state index contributed by atoms with van der Waals surface area (Å²) >= 11 is 0. The zero-order valence-electron chi connectivity index (χ0n) is 10.5. The summed E-state index contributed by atoms with van der Waals surface area (Å²) in [5.41, 5.74) is 6.16. The Morgan fingerprint density at radius 3 is 2.75 bits per heavy atom. The standard InChI is InChI=1S/C10H13N3O5S2/c1-19(14,15)6-5-18-8-4-2-3-7-9(8)10(11)13-20(16,17)12-7/h2-4,12H,5-6H2,1H3,(H2,11,13). The zero-order chi connectivity index (χ0) is 15.0. The fourth-order valence-corrected chi connectivity index (χ4v) is 2.87. The van der Waals surface area contributed by atoms with Gasteiger partial charge in [-0.1, -0.05) is 6.07 Å². The van der Waals surface area contributed by atoms with Gasteiger partial charge in [-0.05, 0) is 12.1 Å². The molecule has 0 radical (unpaired) electrons. The van der Waals surface area contributed by atoms with Gasteiger partial charge >= 0.3 is 10.2 Å². The van der Waals surface area contributed by atoms with Crippen LogP contribution in [0, 0.1) is 0 Å². The normalized spacial score (nSPS) is 16.8. The van der Waals surface area contributed by atoms with Crippen LogP contribution in [0.2, 0.25) is 0 Å². The second-order valence-electron chi connectivity index (χ2n) is 4.21. The number of hydrogen-bond acceptors (Lipinski definition) is 6. The fraction of sp³-hybridized carbons (Fsp3) is 0.300. The third-order valence-electron chi connectivity index (χ3n) is 2.45. The highest BCUT2D eigenvalue weighted by molar-refractivity contribution is 7.91. The number of anilines is 1. The molecule has 2 rings (SSSR count). The number of nitrogens with zero attached hydrogens (tertiary/aromatic N) is 1. The molecule has 10 heteroatoms. The van der Waals surface area contributed by atoms with E-state index in [0.29, 0.717) is 5.56 Å². The van der Waals surface area contributed by atoms with Gasteiger partial charge in [0.25, 0.3) is 0 Å². The molecule has 1 aliphatic rings. The molecule has 0 fully saturated rings. The number of fused-ring (bicyclic) bond motifs is 1. The van der Waals surface area contributed by atoms with Crippen molar-refractivity contribution in [3.05, 3.63) is 23.8 Å². The van der Waals surface area contributed by atoms with Crippen LogP contribution in [0.5, 0.6) is 5.75 Å². The minimum atomic E-state index is -3.84. The van der Waals surface area contributed by atoms with E-state index < -0.39 is 20.0 Å². The monoisotopic (exact) mass is 319 g/mol. The van der Waals surface area contributed by atoms with Gasteiger partial charge in [0.05, 0.1) is 17.0 Å². The highest BCUT2D eigenvalue weighted by Gasteiger charge is 2.24. The van der Waals surface area contributed by atoms with Gasteiger partial charge in [0, 0.05) is 6.26 Å². The molecule has 1 heterocycles. The minimum Gasteiger partial charge on any atom is -0.492 e. The van der Waals surface area contributed by atoms with E-state index in [4.69, 9.17) is 10.5 Å². The average Bonchev–Trinajstić information content (AvgIpc) is 2.24. The largest absolute Gasteiger partial charge is 0.492 e. The number of ether oxygens (including phenoxy) is 1. The molecule has 0 aliphatic carbocycles. The van der Waals surface area contributed by atoms with Crippen LogP contribution in [0.3, 0.4) is 0 Å². The second-order valence-corrected chi connectivity index (χ2v) is 7.81. The smallest absolute Gasteiger partial charge is 0.344 e. The molecular weight excluding hydrogens is 306 g/mol. The summed E-state index contributed by atoms with van der Waals surface area (Å²) in [5, 5.41) is 0. The molecule has 0 saturated heterocycles. The first-order valence-corrected chi connectivity index (χ1v) is 9.00. The highest BCUT2D eigenvalue weighted by Crippen LogP contribution is 2.30. The molecule has 110 valence electrons. The Morgan fingerprint density at radius 2 is 2.10 bits per heavy atom. The third kappa shape index (κ3) is 3.39. The van der Waals surface area contributed by atoms with E-state index >= 15 is 0 Å². The van der Waals surface area contributed by atoms with E-state index in [1.807, 2.05) is 0 Å². The average molecular weight is 319 g/mol. The molecule has 1 aliphatic heterocycles. The van der Waals surface area contributed by atoms with Crippen LogP contribution in [0.25, 0.3) is 0 Å². The number of sulfone groups is 1. The first kappa shape index (κ1) is 14.6. The maximum absolute atomic E-state index is 11.4. The van der Waals surface area contributed by atoms with Crippen molar-refractivity contribution in [3.63, 3.8) is 0 Å². The predicted molar refractivity (Wildman–Crippen MR) is 74.9 cm³/mol. The Hall–Kier alpha value is -1.81. The summed E-state index contributed by atoms with van der Waals surface area (Å²) in [7, 11) is -6.99. The molecule has 8 nitrogen and oxygen atoms in total. The first-order valence-electron chi connectivity index (χ1n) is 5.50. The van der Waals surface area contributed by atoms with Gasteiger partial charge in [-0.2, -0.15) is 8.42 Å². The van der Waals surface area contributed by atoms with Crippen molar-refractivity contribution in [3.8, 4) is 5.75 Å². The van der Waals surface area contributed by atoms with Gasteiger partial charge in [0.2, 0.25) is 0 Å². The second kappa shape index (κ2) is 4.94. The Bertz CT molecular complexity index is 768. The summed E-state index contributed by atoms with van der Waals surface area (Å²) < 4.78 is 55.7. The summed E-state index contributed by atoms with van der Waals surface area (Å²) in [6.45, 7) is -0.0602. The molecule has 1 aromatic carbocycles. The molecule has 0 atom stereocenters. The maximum atomic E-state index is 11.4. The van der Waals surface area contributed by atoms with Crippen LogP contribution in [-0.4, -0.2) is 41.3 Å². The van der Waals surface area contributed by atoms with Gasteiger partial charge in [-0.15, -0.1) is 4.40 Å². The Morgan fingerprint density at radius 1 is 1.40 bits per heavy atom. The minimum absolute atomic E-state index is 0.0602. The van der Waals surface area contributed by atoms with E-state index in [2.05, 4.69) is 9.12 Å². The van der Waals surface area contributed by atoms with E-state index in [1.54, 1.807) is 12.1 Å². The van der Waals surface area contributed by atoms with E-state index in [1.165, 1.54) is 6.07 Å². The van der Waals surface area contributed by atoms with Crippen LogP contribution < -0.4 is 15.2 Å². The van der Waals surface area contributed by atoms with Crippen LogP contribution >= 0.6 is 0 Å². The molecule has 20 heavy (non-hydrogen) atoms. The lowest BCUT2D eigenvalue weighted by Crippen LogP contribution is -2.27. The van der Waals surface area contributed by atoms with Gasteiger partial charge in [-0.3, -0.25) is 4.72 Å². The number of hydrogen-bond donors (Lipinski definition) is 2. The molecule has 0 spiro atoms. The van der Waals surface area contributed by atoms with E-state index in [0.717, 1.165) is 6.26 Å². The topological polar surface area (TPSA) is 128 Å². The number of amidine groups is 1. The highest BCUT2D eigenvalue weighted by atomic mass is 32.2. The van der Waals surface area contributed by atoms with E-state index in [9.17, 15) is 16.8 Å². The summed E-state index contributed by atoms with van der Waals surface area (Å²) in [5.74, 6) is -0.0806. The van der Waals surface area contributed by atoms with Crippen molar-refractivity contribution in [1.29, 1.82) is 0 Å². The Balaban J connectivity index is 2.30. The lowest BCUT2D eigenvalue weighted by molar-refractivity contribution is 0.340. The van der Waals surface area contributed by atoms with Crippen molar-refractivity contribution in [1.82, 2.24) is 0 Å². The first-order chi connectivity index (χ1) is 9.18. The summed E-state index contributed by atoms with van der Waals surface area (Å²) in [4.78, 5) is 0. The Labute approximate surface area is 116 Å². The number of benzene rings is 1. The number of rotatable bonds is 4. The third-order valence-corrected chi connectivity index (χ3v) is 4.27. The molecule has 1 aromatic rings. The molecule has 0 unspecified atom stereocenters. The van der Waals surface area contributed by atoms with Crippen LogP contribution in [0.4, 0.5) is 5.69 Å². The number of nitrogens with two attached hydrogens (primary N) is 1.